The molecule has 0 fully saturated rings. The van der Waals surface area contributed by atoms with Crippen molar-refractivity contribution in [3.63, 3.8) is 0 Å². The van der Waals surface area contributed by atoms with Crippen molar-refractivity contribution in [2.45, 2.75) is 65.7 Å². The van der Waals surface area contributed by atoms with Gasteiger partial charge in [-0.2, -0.15) is 0 Å². The van der Waals surface area contributed by atoms with E-state index >= 15 is 0 Å². The summed E-state index contributed by atoms with van der Waals surface area (Å²) < 4.78 is 0. The van der Waals surface area contributed by atoms with E-state index in [1.807, 2.05) is 0 Å². The van der Waals surface area contributed by atoms with Gasteiger partial charge in [0.2, 0.25) is 0 Å². The van der Waals surface area contributed by atoms with E-state index in [4.69, 9.17) is 0 Å². The van der Waals surface area contributed by atoms with E-state index in [2.05, 4.69) is 32.9 Å². The number of hydrogen-bond donors (Lipinski definition) is 0. The Kier molecular flexibility index (Phi) is 6.05. The van der Waals surface area contributed by atoms with Crippen LogP contribution in [0.5, 0.6) is 0 Å². The fourth-order valence-corrected chi connectivity index (χ4v) is 2.99. The molecular weight excluding hydrogens is 180 g/mol. The molecule has 0 aromatic rings. The first kappa shape index (κ1) is 12.8. The highest BCUT2D eigenvalue weighted by molar-refractivity contribution is 4.87. The molecule has 0 heteroatoms. The summed E-state index contributed by atoms with van der Waals surface area (Å²) in [4.78, 5) is 0. The Balaban J connectivity index is 2.61. The van der Waals surface area contributed by atoms with Gasteiger partial charge in [-0.05, 0) is 43.4 Å². The fraction of sp³-hybridized carbons (Fsp3) is 0.867. The van der Waals surface area contributed by atoms with Gasteiger partial charge >= 0.3 is 0 Å². The third kappa shape index (κ3) is 4.40. The van der Waals surface area contributed by atoms with Crippen LogP contribution in [0.15, 0.2) is 12.2 Å². The van der Waals surface area contributed by atoms with Crippen LogP contribution < -0.4 is 0 Å². The van der Waals surface area contributed by atoms with Crippen LogP contribution in [0.2, 0.25) is 0 Å². The van der Waals surface area contributed by atoms with E-state index in [1.165, 1.54) is 44.9 Å². The summed E-state index contributed by atoms with van der Waals surface area (Å²) in [5.74, 6) is 2.84. The first-order valence-electron chi connectivity index (χ1n) is 6.92. The molecule has 0 saturated heterocycles. The monoisotopic (exact) mass is 208 g/mol. The van der Waals surface area contributed by atoms with Crippen molar-refractivity contribution in [2.24, 2.45) is 17.8 Å². The first-order chi connectivity index (χ1) is 7.27. The van der Waals surface area contributed by atoms with Crippen molar-refractivity contribution in [2.75, 3.05) is 0 Å². The average Bonchev–Trinajstić information content (AvgIpc) is 2.26. The molecule has 0 aromatic carbocycles. The highest BCUT2D eigenvalue weighted by Gasteiger charge is 2.20. The molecule has 1 aliphatic rings. The SMILES string of the molecule is CCC1CC=CCCCC(C)CC1CC. The Labute approximate surface area is 96.2 Å². The minimum absolute atomic E-state index is 0.937. The summed E-state index contributed by atoms with van der Waals surface area (Å²) in [5.41, 5.74) is 0. The Morgan fingerprint density at radius 1 is 1.07 bits per heavy atom. The Morgan fingerprint density at radius 3 is 2.47 bits per heavy atom. The maximum absolute atomic E-state index is 2.45. The van der Waals surface area contributed by atoms with E-state index in [0.717, 1.165) is 17.8 Å². The van der Waals surface area contributed by atoms with Crippen LogP contribution in [0, 0.1) is 17.8 Å². The molecule has 0 saturated carbocycles. The molecule has 3 unspecified atom stereocenters. The number of allylic oxidation sites excluding steroid dienone is 2. The van der Waals surface area contributed by atoms with Gasteiger partial charge in [-0.15, -0.1) is 0 Å². The Morgan fingerprint density at radius 2 is 1.80 bits per heavy atom. The predicted molar refractivity (Wildman–Crippen MR) is 69.0 cm³/mol. The van der Waals surface area contributed by atoms with Crippen molar-refractivity contribution in [3.8, 4) is 0 Å². The van der Waals surface area contributed by atoms with Gasteiger partial charge in [0.15, 0.2) is 0 Å². The van der Waals surface area contributed by atoms with Crippen LogP contribution in [0.3, 0.4) is 0 Å². The maximum Gasteiger partial charge on any atom is -0.0320 e. The predicted octanol–water partition coefficient (Wildman–Crippen LogP) is 5.20. The van der Waals surface area contributed by atoms with Gasteiger partial charge in [-0.3, -0.25) is 0 Å². The summed E-state index contributed by atoms with van der Waals surface area (Å²) in [6, 6.07) is 0. The van der Waals surface area contributed by atoms with E-state index in [-0.39, 0.29) is 0 Å². The molecule has 3 atom stereocenters. The van der Waals surface area contributed by atoms with Crippen LogP contribution in [-0.4, -0.2) is 0 Å². The average molecular weight is 208 g/mol. The molecule has 0 radical (unpaired) electrons. The van der Waals surface area contributed by atoms with Gasteiger partial charge in [0, 0.05) is 0 Å². The Hall–Kier alpha value is -0.260. The first-order valence-corrected chi connectivity index (χ1v) is 6.92. The summed E-state index contributed by atoms with van der Waals surface area (Å²) in [6.45, 7) is 7.17. The topological polar surface area (TPSA) is 0 Å². The zero-order chi connectivity index (χ0) is 11.1. The molecule has 0 N–H and O–H groups in total. The molecule has 15 heavy (non-hydrogen) atoms. The maximum atomic E-state index is 2.45. The molecule has 1 aliphatic carbocycles. The number of rotatable bonds is 2. The zero-order valence-electron chi connectivity index (χ0n) is 10.8. The largest absolute Gasteiger partial charge is 0.0885 e. The second-order valence-electron chi connectivity index (χ2n) is 5.32. The summed E-state index contributed by atoms with van der Waals surface area (Å²) in [6.07, 6.45) is 14.5. The smallest absolute Gasteiger partial charge is 0.0320 e. The van der Waals surface area contributed by atoms with E-state index in [9.17, 15) is 0 Å². The zero-order valence-corrected chi connectivity index (χ0v) is 10.8. The highest BCUT2D eigenvalue weighted by Crippen LogP contribution is 2.31. The van der Waals surface area contributed by atoms with E-state index < -0.39 is 0 Å². The van der Waals surface area contributed by atoms with Crippen molar-refractivity contribution in [1.82, 2.24) is 0 Å². The molecule has 0 heterocycles. The number of hydrogen-bond acceptors (Lipinski definition) is 0. The lowest BCUT2D eigenvalue weighted by atomic mass is 9.78. The molecule has 0 aromatic heterocycles. The summed E-state index contributed by atoms with van der Waals surface area (Å²) in [7, 11) is 0. The molecule has 0 spiro atoms. The van der Waals surface area contributed by atoms with Gasteiger partial charge < -0.3 is 0 Å². The third-order valence-electron chi connectivity index (χ3n) is 4.09. The summed E-state index contributed by atoms with van der Waals surface area (Å²) in [5, 5.41) is 0. The van der Waals surface area contributed by atoms with Crippen LogP contribution in [0.25, 0.3) is 0 Å². The molecule has 1 rings (SSSR count). The molecule has 0 aliphatic heterocycles. The van der Waals surface area contributed by atoms with Gasteiger partial charge in [0.25, 0.3) is 0 Å². The van der Waals surface area contributed by atoms with Gasteiger partial charge in [0.05, 0.1) is 0 Å². The van der Waals surface area contributed by atoms with Crippen LogP contribution >= 0.6 is 0 Å². The Bertz CT molecular complexity index is 180. The molecule has 88 valence electrons. The van der Waals surface area contributed by atoms with Crippen molar-refractivity contribution >= 4 is 0 Å². The van der Waals surface area contributed by atoms with E-state index in [1.54, 1.807) is 0 Å². The van der Waals surface area contributed by atoms with Crippen molar-refractivity contribution < 1.29 is 0 Å². The highest BCUT2D eigenvalue weighted by atomic mass is 14.3. The van der Waals surface area contributed by atoms with Crippen LogP contribution in [0.4, 0.5) is 0 Å². The van der Waals surface area contributed by atoms with Gasteiger partial charge in [-0.1, -0.05) is 52.2 Å². The molecule has 0 bridgehead atoms. The minimum Gasteiger partial charge on any atom is -0.0885 e. The quantitative estimate of drug-likeness (QED) is 0.547. The molecule has 0 nitrogen and oxygen atoms in total. The fourth-order valence-electron chi connectivity index (χ4n) is 2.99. The lowest BCUT2D eigenvalue weighted by Gasteiger charge is -2.27. The minimum atomic E-state index is 0.937. The standard InChI is InChI=1S/C15H28/c1-4-14-11-9-7-6-8-10-13(3)12-15(14)5-2/h7,9,13-15H,4-6,8,10-12H2,1-3H3. The van der Waals surface area contributed by atoms with Gasteiger partial charge in [-0.25, -0.2) is 0 Å². The normalized spacial score (nSPS) is 33.9. The van der Waals surface area contributed by atoms with Crippen LogP contribution in [-0.2, 0) is 0 Å². The summed E-state index contributed by atoms with van der Waals surface area (Å²) >= 11 is 0. The second-order valence-corrected chi connectivity index (χ2v) is 5.32. The molecule has 0 amide bonds. The lowest BCUT2D eigenvalue weighted by molar-refractivity contribution is 0.251. The molecular formula is C15H28. The van der Waals surface area contributed by atoms with Gasteiger partial charge in [0.1, 0.15) is 0 Å². The van der Waals surface area contributed by atoms with Crippen molar-refractivity contribution in [3.05, 3.63) is 12.2 Å². The third-order valence-corrected chi connectivity index (χ3v) is 4.09. The lowest BCUT2D eigenvalue weighted by Crippen LogP contribution is -2.16. The second kappa shape index (κ2) is 7.09. The van der Waals surface area contributed by atoms with Crippen LogP contribution in [0.1, 0.15) is 65.7 Å². The van der Waals surface area contributed by atoms with Crippen molar-refractivity contribution in [1.29, 1.82) is 0 Å². The van der Waals surface area contributed by atoms with E-state index in [0.29, 0.717) is 0 Å².